The van der Waals surface area contributed by atoms with Gasteiger partial charge >= 0.3 is 6.03 Å². The monoisotopic (exact) mass is 480 g/mol. The zero-order valence-electron chi connectivity index (χ0n) is 19.9. The van der Waals surface area contributed by atoms with Crippen molar-refractivity contribution in [3.63, 3.8) is 0 Å². The highest BCUT2D eigenvalue weighted by molar-refractivity contribution is 6.08. The maximum atomic E-state index is 13.2. The number of ether oxygens (including phenoxy) is 1. The molecule has 1 fully saturated rings. The third-order valence-electron chi connectivity index (χ3n) is 7.16. The predicted octanol–water partition coefficient (Wildman–Crippen LogP) is 3.54. The summed E-state index contributed by atoms with van der Waals surface area (Å²) in [5, 5.41) is 6.29. The molecule has 0 unspecified atom stereocenters. The minimum absolute atomic E-state index is 0.00965. The number of carbonyl (C=O) groups excluding carboxylic acids is 3. The summed E-state index contributed by atoms with van der Waals surface area (Å²) in [6.45, 7) is 0.355. The van der Waals surface area contributed by atoms with Crippen LogP contribution < -0.4 is 15.4 Å². The largest absolute Gasteiger partial charge is 0.497 e. The van der Waals surface area contributed by atoms with Crippen LogP contribution in [0.25, 0.3) is 22.0 Å². The van der Waals surface area contributed by atoms with Gasteiger partial charge in [-0.2, -0.15) is 0 Å². The molecule has 6 rings (SSSR count). The summed E-state index contributed by atoms with van der Waals surface area (Å²) in [6.07, 6.45) is 2.02. The van der Waals surface area contributed by atoms with E-state index in [1.807, 2.05) is 43.6 Å². The van der Waals surface area contributed by atoms with Crippen molar-refractivity contribution in [1.29, 1.82) is 0 Å². The van der Waals surface area contributed by atoms with Gasteiger partial charge in [0.2, 0.25) is 0 Å². The number of imide groups is 1. The molecular formula is C28H24N4O4. The number of aryl methyl sites for hydroxylation is 1. The molecule has 8 heteroatoms. The number of methoxy groups -OCH3 is 1. The number of nitrogens with zero attached hydrogens (tertiary/aromatic N) is 2. The van der Waals surface area contributed by atoms with Crippen LogP contribution in [0.2, 0.25) is 0 Å². The second-order valence-corrected chi connectivity index (χ2v) is 9.28. The highest BCUT2D eigenvalue weighted by atomic mass is 16.5. The van der Waals surface area contributed by atoms with Gasteiger partial charge in [0.05, 0.1) is 13.7 Å². The van der Waals surface area contributed by atoms with Gasteiger partial charge in [-0.3, -0.25) is 14.9 Å². The SMILES string of the molecule is COc1ccc2c(c1)C(=O)N(C[C@@]1(c3ccc(-c4ccc5c(ccn5C)c4)cc3)NC(=O)NC1=O)C2. The van der Waals surface area contributed by atoms with Gasteiger partial charge in [0, 0.05) is 36.3 Å². The van der Waals surface area contributed by atoms with Gasteiger partial charge in [-0.05, 0) is 52.6 Å². The smallest absolute Gasteiger partial charge is 0.322 e. The molecule has 2 aliphatic heterocycles. The lowest BCUT2D eigenvalue weighted by Gasteiger charge is -2.31. The second kappa shape index (κ2) is 7.98. The summed E-state index contributed by atoms with van der Waals surface area (Å²) in [6, 6.07) is 20.7. The van der Waals surface area contributed by atoms with Crippen LogP contribution in [0.3, 0.4) is 0 Å². The van der Waals surface area contributed by atoms with Gasteiger partial charge in [-0.15, -0.1) is 0 Å². The normalized spacial score (nSPS) is 18.9. The van der Waals surface area contributed by atoms with Crippen LogP contribution >= 0.6 is 0 Å². The predicted molar refractivity (Wildman–Crippen MR) is 134 cm³/mol. The molecular weight excluding hydrogens is 456 g/mol. The fourth-order valence-corrected chi connectivity index (χ4v) is 5.19. The molecule has 3 heterocycles. The quantitative estimate of drug-likeness (QED) is 0.428. The highest BCUT2D eigenvalue weighted by Crippen LogP contribution is 2.34. The summed E-state index contributed by atoms with van der Waals surface area (Å²) in [7, 11) is 3.56. The molecule has 4 amide bonds. The Morgan fingerprint density at radius 2 is 1.72 bits per heavy atom. The Balaban J connectivity index is 1.33. The van der Waals surface area contributed by atoms with Crippen LogP contribution in [-0.2, 0) is 23.9 Å². The third kappa shape index (κ3) is 3.33. The number of aromatic nitrogens is 1. The molecule has 2 aliphatic rings. The molecule has 0 aliphatic carbocycles. The molecule has 1 atom stereocenters. The van der Waals surface area contributed by atoms with E-state index in [0.717, 1.165) is 27.6 Å². The lowest BCUT2D eigenvalue weighted by Crippen LogP contribution is -2.52. The Labute approximate surface area is 207 Å². The van der Waals surface area contributed by atoms with Crippen LogP contribution in [0.5, 0.6) is 5.75 Å². The maximum Gasteiger partial charge on any atom is 0.322 e. The Morgan fingerprint density at radius 3 is 2.44 bits per heavy atom. The summed E-state index contributed by atoms with van der Waals surface area (Å²) >= 11 is 0. The van der Waals surface area contributed by atoms with Crippen molar-refractivity contribution in [3.05, 3.63) is 89.6 Å². The molecule has 36 heavy (non-hydrogen) atoms. The van der Waals surface area contributed by atoms with Crippen molar-refractivity contribution in [2.24, 2.45) is 7.05 Å². The fraction of sp³-hybridized carbons (Fsp3) is 0.179. The Kier molecular flexibility index (Phi) is 4.86. The summed E-state index contributed by atoms with van der Waals surface area (Å²) in [5.74, 6) is -0.0906. The van der Waals surface area contributed by atoms with Crippen LogP contribution in [-0.4, -0.2) is 41.0 Å². The van der Waals surface area contributed by atoms with Crippen molar-refractivity contribution in [2.45, 2.75) is 12.1 Å². The fourth-order valence-electron chi connectivity index (χ4n) is 5.19. The number of urea groups is 1. The van der Waals surface area contributed by atoms with Crippen molar-refractivity contribution in [3.8, 4) is 16.9 Å². The van der Waals surface area contributed by atoms with Gasteiger partial charge in [0.15, 0.2) is 5.54 Å². The summed E-state index contributed by atoms with van der Waals surface area (Å²) in [4.78, 5) is 40.1. The lowest BCUT2D eigenvalue weighted by molar-refractivity contribution is -0.124. The first kappa shape index (κ1) is 21.9. The van der Waals surface area contributed by atoms with E-state index < -0.39 is 17.5 Å². The number of hydrogen-bond acceptors (Lipinski definition) is 4. The standard InChI is InChI=1S/C28H24N4O4/c1-31-12-11-19-13-18(6-10-24(19)31)17-3-7-21(8-4-17)28(26(34)29-27(35)30-28)16-32-15-20-5-9-22(36-2)14-23(20)25(32)33/h3-14H,15-16H2,1-2H3,(H2,29,30,34,35)/t28-/m0/s1. The van der Waals surface area contributed by atoms with Crippen molar-refractivity contribution in [1.82, 2.24) is 20.1 Å². The van der Waals surface area contributed by atoms with E-state index in [2.05, 4.69) is 39.5 Å². The van der Waals surface area contributed by atoms with E-state index in [1.165, 1.54) is 0 Å². The first-order valence-corrected chi connectivity index (χ1v) is 11.6. The molecule has 4 aromatic rings. The Hall–Kier alpha value is -4.59. The number of carbonyl (C=O) groups is 3. The van der Waals surface area contributed by atoms with Gasteiger partial charge in [0.1, 0.15) is 5.75 Å². The molecule has 0 spiro atoms. The lowest BCUT2D eigenvalue weighted by atomic mass is 9.88. The van der Waals surface area contributed by atoms with Crippen molar-refractivity contribution >= 4 is 28.7 Å². The number of fused-ring (bicyclic) bond motifs is 2. The third-order valence-corrected chi connectivity index (χ3v) is 7.16. The Morgan fingerprint density at radius 1 is 0.944 bits per heavy atom. The Bertz CT molecular complexity index is 1560. The van der Waals surface area contributed by atoms with Gasteiger partial charge in [-0.25, -0.2) is 4.79 Å². The van der Waals surface area contributed by atoms with E-state index in [0.29, 0.717) is 23.4 Å². The van der Waals surface area contributed by atoms with Crippen LogP contribution in [0.15, 0.2) is 72.9 Å². The zero-order chi connectivity index (χ0) is 25.0. The molecule has 0 saturated carbocycles. The van der Waals surface area contributed by atoms with E-state index in [-0.39, 0.29) is 12.5 Å². The molecule has 8 nitrogen and oxygen atoms in total. The minimum Gasteiger partial charge on any atom is -0.497 e. The second-order valence-electron chi connectivity index (χ2n) is 9.28. The molecule has 0 bridgehead atoms. The van der Waals surface area contributed by atoms with Crippen LogP contribution in [0.4, 0.5) is 4.79 Å². The summed E-state index contributed by atoms with van der Waals surface area (Å²) in [5.41, 5.74) is 3.80. The number of hydrogen-bond donors (Lipinski definition) is 2. The number of rotatable bonds is 5. The van der Waals surface area contributed by atoms with E-state index in [1.54, 1.807) is 24.1 Å². The first-order chi connectivity index (χ1) is 17.4. The van der Waals surface area contributed by atoms with Gasteiger partial charge < -0.3 is 19.5 Å². The maximum absolute atomic E-state index is 13.2. The average Bonchev–Trinajstić information content (AvgIpc) is 3.51. The molecule has 180 valence electrons. The average molecular weight is 481 g/mol. The topological polar surface area (TPSA) is 92.7 Å². The van der Waals surface area contributed by atoms with Gasteiger partial charge in [0.25, 0.3) is 11.8 Å². The number of nitrogens with one attached hydrogen (secondary N) is 2. The minimum atomic E-state index is -1.39. The highest BCUT2D eigenvalue weighted by Gasteiger charge is 2.50. The molecule has 1 aromatic heterocycles. The van der Waals surface area contributed by atoms with Crippen molar-refractivity contribution < 1.29 is 19.1 Å². The van der Waals surface area contributed by atoms with E-state index in [9.17, 15) is 14.4 Å². The first-order valence-electron chi connectivity index (χ1n) is 11.6. The molecule has 1 saturated heterocycles. The zero-order valence-corrected chi connectivity index (χ0v) is 19.9. The van der Waals surface area contributed by atoms with Crippen molar-refractivity contribution in [2.75, 3.05) is 13.7 Å². The molecule has 0 radical (unpaired) electrons. The van der Waals surface area contributed by atoms with Crippen LogP contribution in [0.1, 0.15) is 21.5 Å². The van der Waals surface area contributed by atoms with Crippen LogP contribution in [0, 0.1) is 0 Å². The van der Waals surface area contributed by atoms with E-state index in [4.69, 9.17) is 4.74 Å². The van der Waals surface area contributed by atoms with E-state index >= 15 is 0 Å². The number of amides is 4. The molecule has 2 N–H and O–H groups in total. The summed E-state index contributed by atoms with van der Waals surface area (Å²) < 4.78 is 7.33. The van der Waals surface area contributed by atoms with Gasteiger partial charge in [-0.1, -0.05) is 36.4 Å². The molecule has 3 aromatic carbocycles. The number of benzene rings is 3.